The Morgan fingerprint density at radius 1 is 1.50 bits per heavy atom. The van der Waals surface area contributed by atoms with Gasteiger partial charge < -0.3 is 0 Å². The first-order valence-corrected chi connectivity index (χ1v) is 4.70. The van der Waals surface area contributed by atoms with E-state index in [0.29, 0.717) is 0 Å². The number of halogens is 1. The molecule has 0 N–H and O–H groups in total. The van der Waals surface area contributed by atoms with Crippen molar-refractivity contribution in [2.24, 2.45) is 0 Å². The van der Waals surface area contributed by atoms with E-state index in [4.69, 9.17) is 11.6 Å². The molecule has 0 amide bonds. The summed E-state index contributed by atoms with van der Waals surface area (Å²) in [6, 6.07) is 0. The summed E-state index contributed by atoms with van der Waals surface area (Å²) >= 11 is 7.53. The van der Waals surface area contributed by atoms with Gasteiger partial charge >= 0.3 is 0 Å². The van der Waals surface area contributed by atoms with Gasteiger partial charge in [0.05, 0.1) is 0 Å². The van der Waals surface area contributed by atoms with Gasteiger partial charge in [0.15, 0.2) is 0 Å². The lowest BCUT2D eigenvalue weighted by atomic mass is 10.4. The first kappa shape index (κ1) is 7.96. The van der Waals surface area contributed by atoms with Crippen LogP contribution in [0.4, 0.5) is 0 Å². The molecule has 54 valence electrons. The highest BCUT2D eigenvalue weighted by molar-refractivity contribution is 8.02. The van der Waals surface area contributed by atoms with Gasteiger partial charge in [-0.2, -0.15) is 0 Å². The zero-order valence-corrected chi connectivity index (χ0v) is 7.38. The van der Waals surface area contributed by atoms with Gasteiger partial charge in [0.2, 0.25) is 0 Å². The third-order valence-electron chi connectivity index (χ3n) is 1.26. The monoisotopic (exact) mass is 172 g/mol. The van der Waals surface area contributed by atoms with Crippen LogP contribution in [0.5, 0.6) is 0 Å². The highest BCUT2D eigenvalue weighted by Gasteiger charge is 1.93. The number of allylic oxidation sites excluding steroid dienone is 5. The van der Waals surface area contributed by atoms with Crippen molar-refractivity contribution < 1.29 is 0 Å². The van der Waals surface area contributed by atoms with Gasteiger partial charge in [0.1, 0.15) is 0 Å². The standard InChI is InChI=1S/C8H9ClS/c1-10-8-4-2-3-7(9)5-6-8/h2,4-6H,3H2,1H3. The Morgan fingerprint density at radius 3 is 3.00 bits per heavy atom. The number of hydrogen-bond donors (Lipinski definition) is 0. The Bertz CT molecular complexity index is 201. The first-order valence-electron chi connectivity index (χ1n) is 3.10. The molecule has 0 aromatic carbocycles. The topological polar surface area (TPSA) is 0 Å². The second-order valence-electron chi connectivity index (χ2n) is 1.99. The molecular weight excluding hydrogens is 164 g/mol. The molecule has 10 heavy (non-hydrogen) atoms. The highest BCUT2D eigenvalue weighted by Crippen LogP contribution is 2.19. The zero-order valence-electron chi connectivity index (χ0n) is 5.80. The van der Waals surface area contributed by atoms with E-state index in [1.54, 1.807) is 11.8 Å². The summed E-state index contributed by atoms with van der Waals surface area (Å²) in [5.74, 6) is 0. The second kappa shape index (κ2) is 3.89. The van der Waals surface area contributed by atoms with Crippen molar-refractivity contribution in [3.05, 3.63) is 34.2 Å². The van der Waals surface area contributed by atoms with Gasteiger partial charge in [-0.05, 0) is 18.4 Å². The SMILES string of the molecule is CSC1=CC=C(Cl)CC=C1. The van der Waals surface area contributed by atoms with Crippen LogP contribution < -0.4 is 0 Å². The summed E-state index contributed by atoms with van der Waals surface area (Å²) in [4.78, 5) is 1.26. The van der Waals surface area contributed by atoms with Crippen molar-refractivity contribution in [3.63, 3.8) is 0 Å². The van der Waals surface area contributed by atoms with E-state index in [9.17, 15) is 0 Å². The predicted octanol–water partition coefficient (Wildman–Crippen LogP) is 3.32. The maximum atomic E-state index is 5.80. The van der Waals surface area contributed by atoms with Gasteiger partial charge in [0, 0.05) is 16.4 Å². The van der Waals surface area contributed by atoms with E-state index in [1.807, 2.05) is 12.2 Å². The lowest BCUT2D eigenvalue weighted by Gasteiger charge is -1.89. The van der Waals surface area contributed by atoms with Crippen LogP contribution in [0, 0.1) is 0 Å². The molecule has 0 bridgehead atoms. The molecule has 0 saturated carbocycles. The van der Waals surface area contributed by atoms with E-state index in [1.165, 1.54) is 4.91 Å². The Balaban J connectivity index is 2.75. The Hall–Kier alpha value is -0.140. The number of rotatable bonds is 1. The molecule has 1 aliphatic rings. The molecule has 0 nitrogen and oxygen atoms in total. The number of hydrogen-bond acceptors (Lipinski definition) is 1. The van der Waals surface area contributed by atoms with Crippen LogP contribution in [-0.4, -0.2) is 6.26 Å². The molecule has 0 radical (unpaired) electrons. The largest absolute Gasteiger partial charge is 0.130 e. The molecule has 1 rings (SSSR count). The average Bonchev–Trinajstić information content (AvgIpc) is 2.14. The van der Waals surface area contributed by atoms with Crippen molar-refractivity contribution in [3.8, 4) is 0 Å². The lowest BCUT2D eigenvalue weighted by Crippen LogP contribution is -1.62. The first-order chi connectivity index (χ1) is 4.83. The van der Waals surface area contributed by atoms with Gasteiger partial charge in [-0.1, -0.05) is 23.8 Å². The average molecular weight is 173 g/mol. The Kier molecular flexibility index (Phi) is 3.10. The molecule has 0 aliphatic heterocycles. The van der Waals surface area contributed by atoms with E-state index >= 15 is 0 Å². The third-order valence-corrected chi connectivity index (χ3v) is 2.28. The molecule has 0 saturated heterocycles. The van der Waals surface area contributed by atoms with Crippen molar-refractivity contribution in [2.75, 3.05) is 6.26 Å². The third kappa shape index (κ3) is 2.24. The molecule has 0 fully saturated rings. The van der Waals surface area contributed by atoms with E-state index in [2.05, 4.69) is 18.4 Å². The summed E-state index contributed by atoms with van der Waals surface area (Å²) in [6.07, 6.45) is 11.1. The molecule has 2 heteroatoms. The molecule has 0 heterocycles. The second-order valence-corrected chi connectivity index (χ2v) is 3.36. The number of thioether (sulfide) groups is 1. The normalized spacial score (nSPS) is 17.8. The summed E-state index contributed by atoms with van der Waals surface area (Å²) in [7, 11) is 0. The Labute approximate surface area is 70.6 Å². The fourth-order valence-electron chi connectivity index (χ4n) is 0.720. The molecule has 0 aromatic heterocycles. The van der Waals surface area contributed by atoms with Gasteiger partial charge in [-0.25, -0.2) is 0 Å². The van der Waals surface area contributed by atoms with Crippen molar-refractivity contribution in [1.29, 1.82) is 0 Å². The zero-order chi connectivity index (χ0) is 7.40. The maximum absolute atomic E-state index is 5.80. The van der Waals surface area contributed by atoms with Gasteiger partial charge in [-0.3, -0.25) is 0 Å². The van der Waals surface area contributed by atoms with Crippen LogP contribution in [-0.2, 0) is 0 Å². The van der Waals surface area contributed by atoms with E-state index < -0.39 is 0 Å². The maximum Gasteiger partial charge on any atom is 0.0219 e. The summed E-state index contributed by atoms with van der Waals surface area (Å²) in [5, 5.41) is 0.903. The predicted molar refractivity (Wildman–Crippen MR) is 49.3 cm³/mol. The lowest BCUT2D eigenvalue weighted by molar-refractivity contribution is 1.36. The van der Waals surface area contributed by atoms with E-state index in [0.717, 1.165) is 11.5 Å². The van der Waals surface area contributed by atoms with Gasteiger partial charge in [-0.15, -0.1) is 11.8 Å². The van der Waals surface area contributed by atoms with Crippen molar-refractivity contribution in [1.82, 2.24) is 0 Å². The minimum Gasteiger partial charge on any atom is -0.130 e. The molecule has 0 atom stereocenters. The fraction of sp³-hybridized carbons (Fsp3) is 0.250. The fourth-order valence-corrected chi connectivity index (χ4v) is 1.31. The minimum absolute atomic E-state index is 0.863. The van der Waals surface area contributed by atoms with Crippen LogP contribution in [0.1, 0.15) is 6.42 Å². The summed E-state index contributed by atoms with van der Waals surface area (Å²) in [5.41, 5.74) is 0. The quantitative estimate of drug-likeness (QED) is 0.585. The highest BCUT2D eigenvalue weighted by atomic mass is 35.5. The van der Waals surface area contributed by atoms with E-state index in [-0.39, 0.29) is 0 Å². The van der Waals surface area contributed by atoms with Crippen molar-refractivity contribution in [2.45, 2.75) is 6.42 Å². The molecule has 0 unspecified atom stereocenters. The summed E-state index contributed by atoms with van der Waals surface area (Å²) in [6.45, 7) is 0. The van der Waals surface area contributed by atoms with Crippen LogP contribution in [0.2, 0.25) is 0 Å². The van der Waals surface area contributed by atoms with Crippen molar-refractivity contribution >= 4 is 23.4 Å². The molecule has 0 spiro atoms. The summed E-state index contributed by atoms with van der Waals surface area (Å²) < 4.78 is 0. The molecule has 1 aliphatic carbocycles. The smallest absolute Gasteiger partial charge is 0.0219 e. The Morgan fingerprint density at radius 2 is 2.30 bits per heavy atom. The minimum atomic E-state index is 0.863. The van der Waals surface area contributed by atoms with Crippen LogP contribution in [0.25, 0.3) is 0 Å². The molecule has 0 aromatic rings. The van der Waals surface area contributed by atoms with Crippen LogP contribution >= 0.6 is 23.4 Å². The van der Waals surface area contributed by atoms with Crippen LogP contribution in [0.15, 0.2) is 34.2 Å². The van der Waals surface area contributed by atoms with Gasteiger partial charge in [0.25, 0.3) is 0 Å². The molecular formula is C8H9ClS. The van der Waals surface area contributed by atoms with Crippen LogP contribution in [0.3, 0.4) is 0 Å².